The molecule has 0 atom stereocenters. The van der Waals surface area contributed by atoms with Crippen molar-refractivity contribution in [1.29, 1.82) is 0 Å². The number of nitrogens with zero attached hydrogens (tertiary/aromatic N) is 3. The van der Waals surface area contributed by atoms with Gasteiger partial charge in [-0.05, 0) is 24.3 Å². The first-order valence-corrected chi connectivity index (χ1v) is 10.1. The van der Waals surface area contributed by atoms with Crippen LogP contribution in [0.2, 0.25) is 10.0 Å². The van der Waals surface area contributed by atoms with Gasteiger partial charge in [-0.2, -0.15) is 5.10 Å². The molecule has 1 aliphatic rings. The number of amides is 2. The number of carbonyl (C=O) groups is 2. The number of hydrogen-bond donors (Lipinski definition) is 1. The fraction of sp³-hybridized carbons (Fsp3) is 0.190. The molecule has 2 heterocycles. The second-order valence-electron chi connectivity index (χ2n) is 6.61. The van der Waals surface area contributed by atoms with Crippen molar-refractivity contribution in [2.45, 2.75) is 0 Å². The molecule has 3 aromatic rings. The number of carbonyl (C=O) groups excluding carboxylic acids is 2. The molecule has 1 fully saturated rings. The Kier molecular flexibility index (Phi) is 6.03. The highest BCUT2D eigenvalue weighted by Gasteiger charge is 2.27. The van der Waals surface area contributed by atoms with Crippen molar-refractivity contribution in [2.24, 2.45) is 0 Å². The van der Waals surface area contributed by atoms with Crippen molar-refractivity contribution in [3.8, 4) is 5.69 Å². The number of anilines is 1. The van der Waals surface area contributed by atoms with E-state index in [0.29, 0.717) is 42.0 Å². The second kappa shape index (κ2) is 8.87. The van der Waals surface area contributed by atoms with Crippen LogP contribution in [-0.4, -0.2) is 52.8 Å². The summed E-state index contributed by atoms with van der Waals surface area (Å²) in [6.45, 7) is 1.86. The van der Waals surface area contributed by atoms with Crippen LogP contribution in [0, 0.1) is 0 Å². The van der Waals surface area contributed by atoms with Crippen LogP contribution in [0.15, 0.2) is 54.7 Å². The minimum Gasteiger partial charge on any atom is -0.378 e. The smallest absolute Gasteiger partial charge is 0.259 e. The summed E-state index contributed by atoms with van der Waals surface area (Å²) < 4.78 is 6.77. The summed E-state index contributed by atoms with van der Waals surface area (Å²) in [6.07, 6.45) is 1.43. The highest BCUT2D eigenvalue weighted by atomic mass is 35.5. The van der Waals surface area contributed by atoms with E-state index in [1.165, 1.54) is 10.9 Å². The monoisotopic (exact) mass is 444 g/mol. The number of ether oxygens (including phenoxy) is 1. The molecule has 4 rings (SSSR count). The Morgan fingerprint density at radius 2 is 1.60 bits per heavy atom. The molecule has 0 bridgehead atoms. The number of aromatic nitrogens is 2. The third-order valence-electron chi connectivity index (χ3n) is 4.73. The number of morpholine rings is 1. The molecule has 0 radical (unpaired) electrons. The molecule has 0 aliphatic carbocycles. The number of benzene rings is 2. The predicted octanol–water partition coefficient (Wildman–Crippen LogP) is 3.90. The lowest BCUT2D eigenvalue weighted by molar-refractivity contribution is 0.0303. The third kappa shape index (κ3) is 4.05. The van der Waals surface area contributed by atoms with Gasteiger partial charge in [-0.3, -0.25) is 9.59 Å². The highest BCUT2D eigenvalue weighted by molar-refractivity contribution is 6.34. The Morgan fingerprint density at radius 1 is 0.933 bits per heavy atom. The van der Waals surface area contributed by atoms with Crippen LogP contribution in [0.3, 0.4) is 0 Å². The molecule has 0 spiro atoms. The number of para-hydroxylation sites is 1. The van der Waals surface area contributed by atoms with E-state index in [1.54, 1.807) is 53.4 Å². The van der Waals surface area contributed by atoms with Gasteiger partial charge in [0.05, 0.1) is 40.7 Å². The summed E-state index contributed by atoms with van der Waals surface area (Å²) in [5.74, 6) is -0.471. The quantitative estimate of drug-likeness (QED) is 0.661. The average Bonchev–Trinajstić information content (AvgIpc) is 3.17. The maximum Gasteiger partial charge on any atom is 0.259 e. The van der Waals surface area contributed by atoms with Crippen molar-refractivity contribution in [2.75, 3.05) is 31.6 Å². The van der Waals surface area contributed by atoms with E-state index < -0.39 is 5.91 Å². The first-order valence-electron chi connectivity index (χ1n) is 9.32. The summed E-state index contributed by atoms with van der Waals surface area (Å²) in [5, 5.41) is 7.87. The molecule has 154 valence electrons. The Bertz CT molecular complexity index is 1090. The molecule has 1 saturated heterocycles. The van der Waals surface area contributed by atoms with Crippen LogP contribution in [-0.2, 0) is 4.74 Å². The van der Waals surface area contributed by atoms with Crippen molar-refractivity contribution in [3.05, 3.63) is 75.9 Å². The fourth-order valence-electron chi connectivity index (χ4n) is 3.19. The molecule has 2 amide bonds. The largest absolute Gasteiger partial charge is 0.378 e. The summed E-state index contributed by atoms with van der Waals surface area (Å²) >= 11 is 12.5. The van der Waals surface area contributed by atoms with Gasteiger partial charge in [0.2, 0.25) is 0 Å². The molecule has 7 nitrogen and oxygen atoms in total. The number of rotatable bonds is 4. The lowest BCUT2D eigenvalue weighted by Gasteiger charge is -2.26. The van der Waals surface area contributed by atoms with Crippen LogP contribution in [0.4, 0.5) is 5.82 Å². The Morgan fingerprint density at radius 3 is 2.30 bits per heavy atom. The minimum absolute atomic E-state index is 0.226. The van der Waals surface area contributed by atoms with Gasteiger partial charge in [0.15, 0.2) is 0 Å². The molecule has 0 saturated carbocycles. The van der Waals surface area contributed by atoms with Crippen LogP contribution >= 0.6 is 23.2 Å². The summed E-state index contributed by atoms with van der Waals surface area (Å²) in [4.78, 5) is 27.7. The SMILES string of the molecule is O=C(Nc1c(C(=O)N2CCOCC2)cnn1-c1ccccc1Cl)c1ccccc1Cl. The maximum atomic E-state index is 13.1. The van der Waals surface area contributed by atoms with Gasteiger partial charge in [0, 0.05) is 13.1 Å². The number of hydrogen-bond acceptors (Lipinski definition) is 4. The Balaban J connectivity index is 1.76. The highest BCUT2D eigenvalue weighted by Crippen LogP contribution is 2.28. The van der Waals surface area contributed by atoms with Gasteiger partial charge in [-0.25, -0.2) is 4.68 Å². The van der Waals surface area contributed by atoms with E-state index >= 15 is 0 Å². The first kappa shape index (κ1) is 20.4. The van der Waals surface area contributed by atoms with Crippen LogP contribution in [0.25, 0.3) is 5.69 Å². The van der Waals surface area contributed by atoms with Crippen LogP contribution in [0.5, 0.6) is 0 Å². The van der Waals surface area contributed by atoms with Crippen molar-refractivity contribution >= 4 is 40.8 Å². The average molecular weight is 445 g/mol. The molecular weight excluding hydrogens is 427 g/mol. The summed E-state index contributed by atoms with van der Waals surface area (Å²) in [5.41, 5.74) is 1.09. The van der Waals surface area contributed by atoms with Crippen LogP contribution < -0.4 is 5.32 Å². The molecular formula is C21H18Cl2N4O3. The summed E-state index contributed by atoms with van der Waals surface area (Å²) in [7, 11) is 0. The van der Waals surface area contributed by atoms with Gasteiger partial charge < -0.3 is 15.0 Å². The van der Waals surface area contributed by atoms with Gasteiger partial charge in [-0.1, -0.05) is 47.5 Å². The molecule has 0 unspecified atom stereocenters. The van der Waals surface area contributed by atoms with E-state index in [1.807, 2.05) is 0 Å². The molecule has 30 heavy (non-hydrogen) atoms. The maximum absolute atomic E-state index is 13.1. The Hall–Kier alpha value is -2.87. The first-order chi connectivity index (χ1) is 14.6. The van der Waals surface area contributed by atoms with Crippen molar-refractivity contribution < 1.29 is 14.3 Å². The third-order valence-corrected chi connectivity index (χ3v) is 5.38. The van der Waals surface area contributed by atoms with Gasteiger partial charge in [0.25, 0.3) is 11.8 Å². The zero-order valence-electron chi connectivity index (χ0n) is 15.8. The van der Waals surface area contributed by atoms with E-state index in [-0.39, 0.29) is 22.9 Å². The lowest BCUT2D eigenvalue weighted by Crippen LogP contribution is -2.40. The van der Waals surface area contributed by atoms with E-state index in [4.69, 9.17) is 27.9 Å². The van der Waals surface area contributed by atoms with E-state index in [0.717, 1.165) is 0 Å². The Labute approximate surface area is 183 Å². The van der Waals surface area contributed by atoms with Gasteiger partial charge in [0.1, 0.15) is 11.4 Å². The van der Waals surface area contributed by atoms with Gasteiger partial charge >= 0.3 is 0 Å². The predicted molar refractivity (Wildman–Crippen MR) is 115 cm³/mol. The van der Waals surface area contributed by atoms with Gasteiger partial charge in [-0.15, -0.1) is 0 Å². The zero-order valence-corrected chi connectivity index (χ0v) is 17.4. The van der Waals surface area contributed by atoms with E-state index in [9.17, 15) is 9.59 Å². The molecule has 1 aliphatic heterocycles. The normalized spacial score (nSPS) is 13.9. The van der Waals surface area contributed by atoms with Crippen molar-refractivity contribution in [1.82, 2.24) is 14.7 Å². The molecule has 1 N–H and O–H groups in total. The molecule has 9 heteroatoms. The zero-order chi connectivity index (χ0) is 21.1. The fourth-order valence-corrected chi connectivity index (χ4v) is 3.63. The van der Waals surface area contributed by atoms with Crippen LogP contribution in [0.1, 0.15) is 20.7 Å². The number of nitrogens with one attached hydrogen (secondary N) is 1. The second-order valence-corrected chi connectivity index (χ2v) is 7.42. The van der Waals surface area contributed by atoms with Crippen molar-refractivity contribution in [3.63, 3.8) is 0 Å². The summed E-state index contributed by atoms with van der Waals surface area (Å²) in [6, 6.07) is 13.7. The van der Waals surface area contributed by atoms with E-state index in [2.05, 4.69) is 10.4 Å². The topological polar surface area (TPSA) is 76.5 Å². The lowest BCUT2D eigenvalue weighted by atomic mass is 10.2. The molecule has 2 aromatic carbocycles. The minimum atomic E-state index is -0.453. The molecule has 1 aromatic heterocycles. The number of halogens is 2. The standard InChI is InChI=1S/C21H18Cl2N4O3/c22-16-6-2-1-5-14(16)20(28)25-19-15(21(29)26-9-11-30-12-10-26)13-24-27(19)18-8-4-3-7-17(18)23/h1-8,13H,9-12H2,(H,25,28).